The molecule has 10 nitrogen and oxygen atoms in total. The van der Waals surface area contributed by atoms with Crippen LogP contribution in [0.3, 0.4) is 0 Å². The first-order valence-corrected chi connectivity index (χ1v) is 14.3. The highest BCUT2D eigenvalue weighted by Crippen LogP contribution is 2.35. The minimum absolute atomic E-state index is 0.0245. The molecule has 36 heavy (non-hydrogen) atoms. The fourth-order valence-electron chi connectivity index (χ4n) is 4.21. The van der Waals surface area contributed by atoms with E-state index in [9.17, 15) is 16.8 Å². The van der Waals surface area contributed by atoms with Gasteiger partial charge in [-0.1, -0.05) is 13.8 Å². The van der Waals surface area contributed by atoms with Crippen molar-refractivity contribution in [2.45, 2.75) is 36.1 Å². The van der Waals surface area contributed by atoms with Gasteiger partial charge in [0.1, 0.15) is 0 Å². The zero-order chi connectivity index (χ0) is 26.7. The van der Waals surface area contributed by atoms with Crippen molar-refractivity contribution in [2.24, 2.45) is 5.92 Å². The second-order valence-corrected chi connectivity index (χ2v) is 12.6. The van der Waals surface area contributed by atoms with E-state index in [0.29, 0.717) is 29.4 Å². The average molecular weight is 543 g/mol. The Labute approximate surface area is 213 Å². The molecule has 0 radical (unpaired) electrons. The molecule has 3 rings (SSSR count). The summed E-state index contributed by atoms with van der Waals surface area (Å²) in [5, 5.41) is 0. The normalized spacial score (nSPS) is 16.9. The Morgan fingerprint density at radius 1 is 0.833 bits per heavy atom. The maximum Gasteiger partial charge on any atom is 0.243 e. The van der Waals surface area contributed by atoms with Crippen molar-refractivity contribution in [3.63, 3.8) is 0 Å². The molecule has 2 aromatic rings. The summed E-state index contributed by atoms with van der Waals surface area (Å²) in [6.07, 6.45) is 0.367. The summed E-state index contributed by atoms with van der Waals surface area (Å²) >= 11 is 0. The number of ether oxygens (including phenoxy) is 4. The first kappa shape index (κ1) is 28.0. The topological polar surface area (TPSA) is 112 Å². The summed E-state index contributed by atoms with van der Waals surface area (Å²) < 4.78 is 78.0. The van der Waals surface area contributed by atoms with Crippen LogP contribution in [0.1, 0.15) is 20.3 Å². The van der Waals surface area contributed by atoms with Gasteiger partial charge in [0.25, 0.3) is 0 Å². The Kier molecular flexibility index (Phi) is 8.75. The van der Waals surface area contributed by atoms with Gasteiger partial charge in [-0.25, -0.2) is 16.8 Å². The molecule has 1 aliphatic rings. The van der Waals surface area contributed by atoms with Crippen molar-refractivity contribution in [1.29, 1.82) is 0 Å². The van der Waals surface area contributed by atoms with Crippen molar-refractivity contribution in [2.75, 3.05) is 48.1 Å². The second kappa shape index (κ2) is 11.2. The monoisotopic (exact) mass is 542 g/mol. The van der Waals surface area contributed by atoms with Crippen LogP contribution < -0.4 is 18.9 Å². The van der Waals surface area contributed by atoms with Crippen LogP contribution in [-0.4, -0.2) is 79.6 Å². The van der Waals surface area contributed by atoms with E-state index < -0.39 is 26.1 Å². The third kappa shape index (κ3) is 5.56. The van der Waals surface area contributed by atoms with Crippen molar-refractivity contribution in [3.05, 3.63) is 36.4 Å². The highest BCUT2D eigenvalue weighted by molar-refractivity contribution is 7.89. The molecule has 0 amide bonds. The van der Waals surface area contributed by atoms with E-state index in [1.807, 2.05) is 13.8 Å². The fourth-order valence-corrected chi connectivity index (χ4v) is 7.54. The lowest BCUT2D eigenvalue weighted by Crippen LogP contribution is -2.44. The number of methoxy groups -OCH3 is 4. The van der Waals surface area contributed by atoms with E-state index in [2.05, 4.69) is 0 Å². The van der Waals surface area contributed by atoms with Crippen LogP contribution in [0.4, 0.5) is 0 Å². The summed E-state index contributed by atoms with van der Waals surface area (Å²) in [5.74, 6) is 1.45. The highest BCUT2D eigenvalue weighted by atomic mass is 32.2. The maximum absolute atomic E-state index is 13.7. The molecule has 1 unspecified atom stereocenters. The van der Waals surface area contributed by atoms with Crippen LogP contribution in [0.25, 0.3) is 0 Å². The summed E-state index contributed by atoms with van der Waals surface area (Å²) in [4.78, 5) is 0.112. The van der Waals surface area contributed by atoms with Gasteiger partial charge in [0.2, 0.25) is 20.0 Å². The van der Waals surface area contributed by atoms with Crippen LogP contribution in [0.2, 0.25) is 0 Å². The molecule has 1 saturated heterocycles. The fraction of sp³-hybridized carbons (Fsp3) is 0.500. The minimum Gasteiger partial charge on any atom is -0.493 e. The van der Waals surface area contributed by atoms with Crippen LogP contribution in [0.15, 0.2) is 46.2 Å². The average Bonchev–Trinajstić information content (AvgIpc) is 3.36. The lowest BCUT2D eigenvalue weighted by molar-refractivity contribution is 0.294. The number of hydrogen-bond donors (Lipinski definition) is 0. The third-order valence-corrected chi connectivity index (χ3v) is 9.81. The van der Waals surface area contributed by atoms with Gasteiger partial charge in [0.05, 0.1) is 38.2 Å². The maximum atomic E-state index is 13.7. The molecule has 200 valence electrons. The van der Waals surface area contributed by atoms with Gasteiger partial charge >= 0.3 is 0 Å². The smallest absolute Gasteiger partial charge is 0.243 e. The van der Waals surface area contributed by atoms with Gasteiger partial charge in [-0.2, -0.15) is 8.61 Å². The Bertz CT molecular complexity index is 1280. The number of sulfonamides is 2. The lowest BCUT2D eigenvalue weighted by atomic mass is 10.2. The summed E-state index contributed by atoms with van der Waals surface area (Å²) in [5.41, 5.74) is 0. The van der Waals surface area contributed by atoms with Crippen LogP contribution >= 0.6 is 0 Å². The van der Waals surface area contributed by atoms with Gasteiger partial charge in [-0.3, -0.25) is 0 Å². The molecule has 0 spiro atoms. The van der Waals surface area contributed by atoms with Gasteiger partial charge in [0, 0.05) is 37.8 Å². The van der Waals surface area contributed by atoms with E-state index >= 15 is 0 Å². The Hall–Kier alpha value is -2.54. The molecule has 1 atom stereocenters. The summed E-state index contributed by atoms with van der Waals surface area (Å²) in [6.45, 7) is 4.31. The molecule has 1 heterocycles. The highest BCUT2D eigenvalue weighted by Gasteiger charge is 2.40. The van der Waals surface area contributed by atoms with Crippen molar-refractivity contribution >= 4 is 20.0 Å². The molecular weight excluding hydrogens is 508 g/mol. The standard InChI is InChI=1S/C24H34N2O8S2/c1-17(2)15-26(36(29,30)20-8-10-22(32-4)24(14-20)34-6)18-11-12-25(16-18)35(27,28)19-7-9-21(31-3)23(13-19)33-5/h7-10,13-14,17-18H,11-12,15-16H2,1-6H3. The van der Waals surface area contributed by atoms with E-state index in [1.54, 1.807) is 6.07 Å². The molecule has 12 heteroatoms. The molecule has 0 saturated carbocycles. The summed E-state index contributed by atoms with van der Waals surface area (Å²) in [6, 6.07) is 8.31. The SMILES string of the molecule is COc1ccc(S(=O)(=O)N2CCC(N(CC(C)C)S(=O)(=O)c3ccc(OC)c(OC)c3)C2)cc1OC. The van der Waals surface area contributed by atoms with Gasteiger partial charge in [0.15, 0.2) is 23.0 Å². The zero-order valence-corrected chi connectivity index (χ0v) is 23.1. The molecule has 2 aromatic carbocycles. The molecule has 1 aliphatic heterocycles. The van der Waals surface area contributed by atoms with Crippen molar-refractivity contribution < 1.29 is 35.8 Å². The number of benzene rings is 2. The Morgan fingerprint density at radius 2 is 1.33 bits per heavy atom. The van der Waals surface area contributed by atoms with E-state index in [4.69, 9.17) is 18.9 Å². The molecule has 0 aromatic heterocycles. The second-order valence-electron chi connectivity index (χ2n) is 8.81. The number of nitrogens with zero attached hydrogens (tertiary/aromatic N) is 2. The Balaban J connectivity index is 1.92. The van der Waals surface area contributed by atoms with Crippen molar-refractivity contribution in [3.8, 4) is 23.0 Å². The largest absolute Gasteiger partial charge is 0.493 e. The predicted octanol–water partition coefficient (Wildman–Crippen LogP) is 2.83. The molecule has 0 bridgehead atoms. The van der Waals surface area contributed by atoms with Crippen LogP contribution in [0, 0.1) is 5.92 Å². The quantitative estimate of drug-likeness (QED) is 0.426. The molecule has 1 fully saturated rings. The van der Waals surface area contributed by atoms with E-state index in [0.717, 1.165) is 0 Å². The third-order valence-electron chi connectivity index (χ3n) is 6.03. The molecular formula is C24H34N2O8S2. The number of rotatable bonds is 11. The van der Waals surface area contributed by atoms with E-state index in [1.165, 1.54) is 67.4 Å². The molecule has 0 N–H and O–H groups in total. The van der Waals surface area contributed by atoms with Gasteiger partial charge in [-0.05, 0) is 36.6 Å². The van der Waals surface area contributed by atoms with Crippen LogP contribution in [0.5, 0.6) is 23.0 Å². The number of hydrogen-bond acceptors (Lipinski definition) is 8. The van der Waals surface area contributed by atoms with Crippen molar-refractivity contribution in [1.82, 2.24) is 8.61 Å². The van der Waals surface area contributed by atoms with Gasteiger partial charge < -0.3 is 18.9 Å². The van der Waals surface area contributed by atoms with Gasteiger partial charge in [-0.15, -0.1) is 0 Å². The Morgan fingerprint density at radius 3 is 1.83 bits per heavy atom. The first-order chi connectivity index (χ1) is 17.0. The van der Waals surface area contributed by atoms with E-state index in [-0.39, 0.29) is 35.3 Å². The minimum atomic E-state index is -3.95. The summed E-state index contributed by atoms with van der Waals surface area (Å²) in [7, 11) is -2.01. The lowest BCUT2D eigenvalue weighted by Gasteiger charge is -2.30. The van der Waals surface area contributed by atoms with Crippen LogP contribution in [-0.2, 0) is 20.0 Å². The molecule has 0 aliphatic carbocycles. The first-order valence-electron chi connectivity index (χ1n) is 11.5. The zero-order valence-electron chi connectivity index (χ0n) is 21.4. The predicted molar refractivity (Wildman–Crippen MR) is 135 cm³/mol.